The molecule has 5 heteroatoms. The van der Waals surface area contributed by atoms with Crippen molar-refractivity contribution in [3.05, 3.63) is 71.7 Å². The minimum atomic E-state index is -0.894. The summed E-state index contributed by atoms with van der Waals surface area (Å²) in [5, 5.41) is 21.6. The van der Waals surface area contributed by atoms with Crippen LogP contribution in [-0.4, -0.2) is 33.2 Å². The molecule has 4 nitrogen and oxygen atoms in total. The number of nitrogens with zero attached hydrogens (tertiary/aromatic N) is 1. The van der Waals surface area contributed by atoms with Crippen molar-refractivity contribution < 1.29 is 19.4 Å². The van der Waals surface area contributed by atoms with Crippen LogP contribution >= 0.6 is 0 Å². The number of para-hydroxylation sites is 1. The Kier molecular flexibility index (Phi) is 6.77. The Morgan fingerprint density at radius 2 is 1.88 bits per heavy atom. The molecule has 1 aromatic heterocycles. The Morgan fingerprint density at radius 1 is 1.16 bits per heavy atom. The molecular formula is C27H28FNO3. The van der Waals surface area contributed by atoms with Gasteiger partial charge in [-0.1, -0.05) is 49.4 Å². The quantitative estimate of drug-likeness (QED) is 0.473. The third-order valence-electron chi connectivity index (χ3n) is 5.91. The van der Waals surface area contributed by atoms with E-state index in [-0.39, 0.29) is 24.4 Å². The van der Waals surface area contributed by atoms with Gasteiger partial charge in [-0.05, 0) is 36.6 Å². The molecule has 3 aromatic rings. The van der Waals surface area contributed by atoms with Crippen LogP contribution in [0, 0.1) is 5.82 Å². The van der Waals surface area contributed by atoms with Gasteiger partial charge in [-0.2, -0.15) is 0 Å². The number of aromatic nitrogens is 1. The number of aliphatic hydroxyl groups excluding tert-OH is 2. The van der Waals surface area contributed by atoms with Crippen LogP contribution in [0.3, 0.4) is 0 Å². The number of hydrogen-bond acceptors (Lipinski definition) is 4. The molecule has 32 heavy (non-hydrogen) atoms. The van der Waals surface area contributed by atoms with Gasteiger partial charge in [-0.3, -0.25) is 9.78 Å². The molecule has 166 valence electrons. The van der Waals surface area contributed by atoms with E-state index in [0.29, 0.717) is 12.3 Å². The van der Waals surface area contributed by atoms with Crippen LogP contribution in [0.4, 0.5) is 4.39 Å². The molecule has 0 amide bonds. The third-order valence-corrected chi connectivity index (χ3v) is 5.91. The normalized spacial score (nSPS) is 15.9. The highest BCUT2D eigenvalue weighted by molar-refractivity contribution is 5.99. The lowest BCUT2D eigenvalue weighted by atomic mass is 9.92. The zero-order valence-corrected chi connectivity index (χ0v) is 18.2. The van der Waals surface area contributed by atoms with Crippen molar-refractivity contribution in [2.45, 2.75) is 57.2 Å². The van der Waals surface area contributed by atoms with E-state index < -0.39 is 12.2 Å². The van der Waals surface area contributed by atoms with Crippen molar-refractivity contribution in [1.82, 2.24) is 4.98 Å². The number of ketones is 1. The zero-order valence-electron chi connectivity index (χ0n) is 18.2. The lowest BCUT2D eigenvalue weighted by Crippen LogP contribution is -2.19. The molecule has 1 aliphatic carbocycles. The summed E-state index contributed by atoms with van der Waals surface area (Å²) in [5.74, 6) is 0.0445. The summed E-state index contributed by atoms with van der Waals surface area (Å²) >= 11 is 0. The molecule has 0 bridgehead atoms. The maximum atomic E-state index is 13.6. The van der Waals surface area contributed by atoms with Crippen LogP contribution in [0.1, 0.15) is 56.2 Å². The number of benzene rings is 2. The van der Waals surface area contributed by atoms with E-state index in [4.69, 9.17) is 4.98 Å². The molecule has 4 rings (SSSR count). The Labute approximate surface area is 187 Å². The summed E-state index contributed by atoms with van der Waals surface area (Å²) in [6.07, 6.45) is 4.39. The summed E-state index contributed by atoms with van der Waals surface area (Å²) < 4.78 is 13.6. The highest BCUT2D eigenvalue weighted by atomic mass is 19.1. The second-order valence-electron chi connectivity index (χ2n) is 8.50. The van der Waals surface area contributed by atoms with Crippen molar-refractivity contribution in [3.8, 4) is 11.1 Å². The van der Waals surface area contributed by atoms with Crippen LogP contribution in [0.2, 0.25) is 0 Å². The number of carbonyl (C=O) groups excluding carboxylic acids is 1. The summed E-state index contributed by atoms with van der Waals surface area (Å²) in [6, 6.07) is 14.3. The van der Waals surface area contributed by atoms with Crippen molar-refractivity contribution >= 4 is 22.8 Å². The van der Waals surface area contributed by atoms with Gasteiger partial charge in [0.15, 0.2) is 0 Å². The summed E-state index contributed by atoms with van der Waals surface area (Å²) in [7, 11) is 0. The van der Waals surface area contributed by atoms with E-state index in [1.807, 2.05) is 30.3 Å². The first-order valence-electron chi connectivity index (χ1n) is 11.2. The molecule has 2 N–H and O–H groups in total. The van der Waals surface area contributed by atoms with Gasteiger partial charge in [0.1, 0.15) is 11.6 Å². The lowest BCUT2D eigenvalue weighted by Gasteiger charge is -2.16. The standard InChI is InChI=1S/C27H28FNO3/c1-2-20(30)15-22(32)16-21(31)13-14-24-26(17-9-11-19(28)12-10-17)23-5-3-4-6-25(23)29-27(24)18-7-8-18/h3-6,9-14,18,21-22,31-32H,2,7-8,15-16H2,1H3. The molecule has 2 atom stereocenters. The molecule has 1 heterocycles. The maximum Gasteiger partial charge on any atom is 0.135 e. The van der Waals surface area contributed by atoms with E-state index in [2.05, 4.69) is 0 Å². The Balaban J connectivity index is 1.75. The average molecular weight is 434 g/mol. The molecule has 0 saturated heterocycles. The predicted molar refractivity (Wildman–Crippen MR) is 125 cm³/mol. The van der Waals surface area contributed by atoms with Crippen LogP contribution in [0.25, 0.3) is 28.1 Å². The Morgan fingerprint density at radius 3 is 2.56 bits per heavy atom. The van der Waals surface area contributed by atoms with Crippen molar-refractivity contribution in [3.63, 3.8) is 0 Å². The molecule has 0 aliphatic heterocycles. The number of hydrogen-bond donors (Lipinski definition) is 2. The highest BCUT2D eigenvalue weighted by Gasteiger charge is 2.29. The van der Waals surface area contributed by atoms with Crippen LogP contribution in [-0.2, 0) is 4.79 Å². The number of rotatable bonds is 9. The van der Waals surface area contributed by atoms with Crippen molar-refractivity contribution in [1.29, 1.82) is 0 Å². The van der Waals surface area contributed by atoms with E-state index in [1.54, 1.807) is 25.1 Å². The Hall–Kier alpha value is -2.89. The number of Topliss-reactive ketones (excluding diaryl/α,β-unsaturated/α-hetero) is 1. The summed E-state index contributed by atoms with van der Waals surface area (Å²) in [6.45, 7) is 1.76. The largest absolute Gasteiger partial charge is 0.393 e. The third kappa shape index (κ3) is 5.12. The molecule has 1 aliphatic rings. The van der Waals surface area contributed by atoms with E-state index in [1.165, 1.54) is 12.1 Å². The van der Waals surface area contributed by atoms with Crippen molar-refractivity contribution in [2.24, 2.45) is 0 Å². The number of pyridine rings is 1. The first kappa shape index (κ1) is 22.3. The lowest BCUT2D eigenvalue weighted by molar-refractivity contribution is -0.120. The summed E-state index contributed by atoms with van der Waals surface area (Å²) in [4.78, 5) is 16.5. The van der Waals surface area contributed by atoms with Gasteiger partial charge in [-0.15, -0.1) is 0 Å². The van der Waals surface area contributed by atoms with Gasteiger partial charge in [0.2, 0.25) is 0 Å². The van der Waals surface area contributed by atoms with Crippen LogP contribution in [0.15, 0.2) is 54.6 Å². The Bertz CT molecular complexity index is 1140. The zero-order chi connectivity index (χ0) is 22.7. The molecule has 2 aromatic carbocycles. The fraction of sp³-hybridized carbons (Fsp3) is 0.333. The minimum Gasteiger partial charge on any atom is -0.393 e. The molecule has 0 radical (unpaired) electrons. The average Bonchev–Trinajstić information content (AvgIpc) is 3.62. The second kappa shape index (κ2) is 9.72. The van der Waals surface area contributed by atoms with Gasteiger partial charge in [0, 0.05) is 41.7 Å². The van der Waals surface area contributed by atoms with Gasteiger partial charge in [0.25, 0.3) is 0 Å². The number of aliphatic hydroxyl groups is 2. The molecule has 2 unspecified atom stereocenters. The van der Waals surface area contributed by atoms with E-state index in [0.717, 1.165) is 46.1 Å². The van der Waals surface area contributed by atoms with Gasteiger partial charge in [0.05, 0.1) is 23.4 Å². The number of halogens is 1. The molecule has 1 saturated carbocycles. The highest BCUT2D eigenvalue weighted by Crippen LogP contribution is 2.45. The maximum absolute atomic E-state index is 13.6. The fourth-order valence-electron chi connectivity index (χ4n) is 4.07. The van der Waals surface area contributed by atoms with E-state index in [9.17, 15) is 19.4 Å². The summed E-state index contributed by atoms with van der Waals surface area (Å²) in [5.41, 5.74) is 4.63. The molecule has 0 spiro atoms. The monoisotopic (exact) mass is 433 g/mol. The number of fused-ring (bicyclic) bond motifs is 1. The van der Waals surface area contributed by atoms with Crippen molar-refractivity contribution in [2.75, 3.05) is 0 Å². The first-order valence-corrected chi connectivity index (χ1v) is 11.2. The van der Waals surface area contributed by atoms with E-state index >= 15 is 0 Å². The van der Waals surface area contributed by atoms with Gasteiger partial charge >= 0.3 is 0 Å². The SMILES string of the molecule is CCC(=O)CC(O)CC(O)C=Cc1c(C2CC2)nc2ccccc2c1-c1ccc(F)cc1. The number of carbonyl (C=O) groups is 1. The molecule has 1 fully saturated rings. The smallest absolute Gasteiger partial charge is 0.135 e. The van der Waals surface area contributed by atoms with Crippen LogP contribution < -0.4 is 0 Å². The topological polar surface area (TPSA) is 70.4 Å². The minimum absolute atomic E-state index is 0.0259. The van der Waals surface area contributed by atoms with Gasteiger partial charge in [-0.25, -0.2) is 4.39 Å². The fourth-order valence-corrected chi connectivity index (χ4v) is 4.07. The first-order chi connectivity index (χ1) is 15.5. The second-order valence-corrected chi connectivity index (χ2v) is 8.50. The predicted octanol–water partition coefficient (Wildman–Crippen LogP) is 5.41. The molecular weight excluding hydrogens is 405 g/mol. The van der Waals surface area contributed by atoms with Gasteiger partial charge < -0.3 is 10.2 Å². The van der Waals surface area contributed by atoms with Crippen LogP contribution in [0.5, 0.6) is 0 Å².